The van der Waals surface area contributed by atoms with Crippen LogP contribution in [0, 0.1) is 0 Å². The monoisotopic (exact) mass is 392 g/mol. The van der Waals surface area contributed by atoms with Crippen LogP contribution in [0.25, 0.3) is 0 Å². The number of nitrogens with one attached hydrogen (secondary N) is 1. The van der Waals surface area contributed by atoms with Crippen molar-refractivity contribution in [1.29, 1.82) is 0 Å². The second-order valence-electron chi connectivity index (χ2n) is 7.50. The third kappa shape index (κ3) is 5.34. The molecule has 2 rings (SSSR count). The molecule has 0 heterocycles. The molecule has 150 valence electrons. The van der Waals surface area contributed by atoms with E-state index in [-0.39, 0.29) is 11.1 Å². The summed E-state index contributed by atoms with van der Waals surface area (Å²) in [6.07, 6.45) is -4.64. The van der Waals surface area contributed by atoms with Gasteiger partial charge in [0, 0.05) is 12.6 Å². The molecule has 0 aliphatic rings. The van der Waals surface area contributed by atoms with Crippen LogP contribution in [0.5, 0.6) is 0 Å². The van der Waals surface area contributed by atoms with Gasteiger partial charge in [-0.3, -0.25) is 9.59 Å². The van der Waals surface area contributed by atoms with Crippen molar-refractivity contribution in [2.24, 2.45) is 0 Å². The van der Waals surface area contributed by atoms with Crippen molar-refractivity contribution in [1.82, 2.24) is 0 Å². The maximum absolute atomic E-state index is 13.3. The topological polar surface area (TPSA) is 49.4 Å². The predicted molar refractivity (Wildman–Crippen MR) is 103 cm³/mol. The van der Waals surface area contributed by atoms with Gasteiger partial charge >= 0.3 is 6.18 Å². The van der Waals surface area contributed by atoms with Crippen LogP contribution < -0.4 is 10.2 Å². The van der Waals surface area contributed by atoms with Crippen LogP contribution >= 0.6 is 0 Å². The largest absolute Gasteiger partial charge is 0.418 e. The van der Waals surface area contributed by atoms with Gasteiger partial charge in [0.15, 0.2) is 0 Å². The maximum Gasteiger partial charge on any atom is 0.418 e. The molecule has 0 aliphatic heterocycles. The lowest BCUT2D eigenvalue weighted by molar-refractivity contribution is -0.137. The molecule has 2 aromatic carbocycles. The fraction of sp³-hybridized carbons (Fsp3) is 0.333. The number of anilines is 2. The minimum Gasteiger partial charge on any atom is -0.325 e. The summed E-state index contributed by atoms with van der Waals surface area (Å²) in [6, 6.07) is 11.9. The van der Waals surface area contributed by atoms with Crippen molar-refractivity contribution in [3.63, 3.8) is 0 Å². The van der Waals surface area contributed by atoms with E-state index in [0.29, 0.717) is 5.69 Å². The first kappa shape index (κ1) is 21.5. The van der Waals surface area contributed by atoms with Crippen molar-refractivity contribution in [3.8, 4) is 0 Å². The van der Waals surface area contributed by atoms with E-state index in [0.717, 1.165) is 23.5 Å². The van der Waals surface area contributed by atoms with E-state index in [1.54, 1.807) is 12.1 Å². The van der Waals surface area contributed by atoms with Crippen LogP contribution in [0.15, 0.2) is 48.5 Å². The molecule has 0 radical (unpaired) electrons. The van der Waals surface area contributed by atoms with E-state index in [9.17, 15) is 22.8 Å². The van der Waals surface area contributed by atoms with E-state index < -0.39 is 30.1 Å². The average Bonchev–Trinajstić information content (AvgIpc) is 2.58. The lowest BCUT2D eigenvalue weighted by Gasteiger charge is -2.24. The van der Waals surface area contributed by atoms with Crippen molar-refractivity contribution in [3.05, 3.63) is 59.7 Å². The Morgan fingerprint density at radius 3 is 2.04 bits per heavy atom. The number of nitrogens with zero attached hydrogens (tertiary/aromatic N) is 1. The first-order chi connectivity index (χ1) is 12.9. The summed E-state index contributed by atoms with van der Waals surface area (Å²) < 4.78 is 39.8. The summed E-state index contributed by atoms with van der Waals surface area (Å²) in [4.78, 5) is 25.1. The highest BCUT2D eigenvalue weighted by molar-refractivity contribution is 6.02. The number of carbonyl (C=O) groups is 2. The molecule has 0 unspecified atom stereocenters. The van der Waals surface area contributed by atoms with Crippen LogP contribution in [0.2, 0.25) is 0 Å². The molecular formula is C21H23F3N2O2. The third-order valence-corrected chi connectivity index (χ3v) is 4.22. The summed E-state index contributed by atoms with van der Waals surface area (Å²) >= 11 is 0. The summed E-state index contributed by atoms with van der Waals surface area (Å²) in [5, 5.41) is 2.62. The third-order valence-electron chi connectivity index (χ3n) is 4.22. The Labute approximate surface area is 162 Å². The van der Waals surface area contributed by atoms with Gasteiger partial charge in [0.1, 0.15) is 6.54 Å². The first-order valence-corrected chi connectivity index (χ1v) is 8.74. The molecule has 2 aromatic rings. The fourth-order valence-electron chi connectivity index (χ4n) is 2.71. The Kier molecular flexibility index (Phi) is 6.17. The summed E-state index contributed by atoms with van der Waals surface area (Å²) in [5.74, 6) is -1.24. The smallest absolute Gasteiger partial charge is 0.325 e. The van der Waals surface area contributed by atoms with E-state index in [4.69, 9.17) is 0 Å². The molecule has 7 heteroatoms. The highest BCUT2D eigenvalue weighted by Crippen LogP contribution is 2.36. The van der Waals surface area contributed by atoms with E-state index in [1.165, 1.54) is 18.2 Å². The first-order valence-electron chi connectivity index (χ1n) is 8.74. The van der Waals surface area contributed by atoms with Crippen molar-refractivity contribution >= 4 is 23.2 Å². The number of rotatable bonds is 4. The van der Waals surface area contributed by atoms with Gasteiger partial charge in [-0.05, 0) is 35.2 Å². The predicted octanol–water partition coefficient (Wildman–Crippen LogP) is 4.99. The zero-order valence-corrected chi connectivity index (χ0v) is 16.2. The molecule has 0 saturated heterocycles. The molecule has 4 nitrogen and oxygen atoms in total. The van der Waals surface area contributed by atoms with Gasteiger partial charge in [-0.1, -0.05) is 45.0 Å². The van der Waals surface area contributed by atoms with Crippen LogP contribution in [0.3, 0.4) is 0 Å². The van der Waals surface area contributed by atoms with Gasteiger partial charge in [-0.25, -0.2) is 0 Å². The molecule has 0 fully saturated rings. The normalized spacial score (nSPS) is 11.8. The van der Waals surface area contributed by atoms with Crippen molar-refractivity contribution in [2.75, 3.05) is 16.8 Å². The lowest BCUT2D eigenvalue weighted by Crippen LogP contribution is -2.37. The minimum atomic E-state index is -4.64. The Balaban J connectivity index is 2.20. The SMILES string of the molecule is CC(=O)N(CC(=O)Nc1ccc(C(C)(C)C)cc1)c1ccccc1C(F)(F)F. The molecule has 0 aromatic heterocycles. The standard InChI is InChI=1S/C21H23F3N2O2/c1-14(27)26(18-8-6-5-7-17(18)21(22,23)24)13-19(28)25-16-11-9-15(10-12-16)20(2,3)4/h5-12H,13H2,1-4H3,(H,25,28). The fourth-order valence-corrected chi connectivity index (χ4v) is 2.71. The molecular weight excluding hydrogens is 369 g/mol. The number of halogens is 3. The molecule has 2 amide bonds. The second kappa shape index (κ2) is 8.04. The number of para-hydroxylation sites is 1. The molecule has 0 atom stereocenters. The second-order valence-corrected chi connectivity index (χ2v) is 7.50. The maximum atomic E-state index is 13.3. The Morgan fingerprint density at radius 1 is 0.964 bits per heavy atom. The Hall–Kier alpha value is -2.83. The average molecular weight is 392 g/mol. The molecule has 0 saturated carbocycles. The summed E-state index contributed by atoms with van der Waals surface area (Å²) in [5.41, 5.74) is 0.226. The van der Waals surface area contributed by atoms with Crippen LogP contribution in [0.4, 0.5) is 24.5 Å². The van der Waals surface area contributed by atoms with E-state index in [1.807, 2.05) is 12.1 Å². The molecule has 0 spiro atoms. The Morgan fingerprint density at radius 2 is 1.54 bits per heavy atom. The Bertz CT molecular complexity index is 853. The molecule has 1 N–H and O–H groups in total. The van der Waals surface area contributed by atoms with Gasteiger partial charge in [0.05, 0.1) is 11.3 Å². The summed E-state index contributed by atoms with van der Waals surface area (Å²) in [7, 11) is 0. The number of benzene rings is 2. The summed E-state index contributed by atoms with van der Waals surface area (Å²) in [6.45, 7) is 6.78. The number of hydrogen-bond donors (Lipinski definition) is 1. The highest BCUT2D eigenvalue weighted by atomic mass is 19.4. The van der Waals surface area contributed by atoms with Gasteiger partial charge in [0.2, 0.25) is 11.8 Å². The van der Waals surface area contributed by atoms with E-state index in [2.05, 4.69) is 26.1 Å². The van der Waals surface area contributed by atoms with Crippen molar-refractivity contribution < 1.29 is 22.8 Å². The van der Waals surface area contributed by atoms with Crippen molar-refractivity contribution in [2.45, 2.75) is 39.3 Å². The molecule has 0 bridgehead atoms. The van der Waals surface area contributed by atoms with Gasteiger partial charge in [0.25, 0.3) is 0 Å². The highest BCUT2D eigenvalue weighted by Gasteiger charge is 2.35. The number of alkyl halides is 3. The molecule has 28 heavy (non-hydrogen) atoms. The van der Waals surface area contributed by atoms with Crippen LogP contribution in [0.1, 0.15) is 38.8 Å². The quantitative estimate of drug-likeness (QED) is 0.797. The number of amides is 2. The zero-order chi connectivity index (χ0) is 21.1. The zero-order valence-electron chi connectivity index (χ0n) is 16.2. The number of carbonyl (C=O) groups excluding carboxylic acids is 2. The molecule has 0 aliphatic carbocycles. The van der Waals surface area contributed by atoms with Gasteiger partial charge in [-0.15, -0.1) is 0 Å². The lowest BCUT2D eigenvalue weighted by atomic mass is 9.87. The van der Waals surface area contributed by atoms with Crippen LogP contribution in [-0.4, -0.2) is 18.4 Å². The van der Waals surface area contributed by atoms with Gasteiger partial charge < -0.3 is 10.2 Å². The van der Waals surface area contributed by atoms with Crippen LogP contribution in [-0.2, 0) is 21.2 Å². The minimum absolute atomic E-state index is 0.0464. The van der Waals surface area contributed by atoms with Gasteiger partial charge in [-0.2, -0.15) is 13.2 Å². The van der Waals surface area contributed by atoms with E-state index >= 15 is 0 Å². The number of hydrogen-bond acceptors (Lipinski definition) is 2.